The van der Waals surface area contributed by atoms with Crippen LogP contribution in [0, 0.1) is 0 Å². The molecular formula is C58H34S2. The van der Waals surface area contributed by atoms with E-state index in [2.05, 4.69) is 206 Å². The van der Waals surface area contributed by atoms with E-state index in [1.807, 2.05) is 22.7 Å². The van der Waals surface area contributed by atoms with Gasteiger partial charge in [-0.1, -0.05) is 176 Å². The predicted molar refractivity (Wildman–Crippen MR) is 264 cm³/mol. The van der Waals surface area contributed by atoms with Crippen molar-refractivity contribution in [3.05, 3.63) is 206 Å². The van der Waals surface area contributed by atoms with Crippen molar-refractivity contribution in [1.82, 2.24) is 0 Å². The number of rotatable bonds is 4. The summed E-state index contributed by atoms with van der Waals surface area (Å²) in [5.74, 6) is 0. The number of benzene rings is 11. The van der Waals surface area contributed by atoms with E-state index in [1.165, 1.54) is 128 Å². The number of fused-ring (bicyclic) bond motifs is 10. The van der Waals surface area contributed by atoms with Crippen LogP contribution in [0.3, 0.4) is 0 Å². The van der Waals surface area contributed by atoms with E-state index in [0.29, 0.717) is 0 Å². The second-order valence-electron chi connectivity index (χ2n) is 15.8. The highest BCUT2D eigenvalue weighted by Crippen LogP contribution is 2.51. The molecule has 13 aromatic rings. The Hall–Kier alpha value is -7.10. The van der Waals surface area contributed by atoms with Gasteiger partial charge in [-0.2, -0.15) is 0 Å². The summed E-state index contributed by atoms with van der Waals surface area (Å²) in [4.78, 5) is 0. The summed E-state index contributed by atoms with van der Waals surface area (Å²) in [6.45, 7) is 0. The molecule has 0 radical (unpaired) electrons. The van der Waals surface area contributed by atoms with E-state index in [-0.39, 0.29) is 0 Å². The Labute approximate surface area is 354 Å². The largest absolute Gasteiger partial charge is 0.135 e. The van der Waals surface area contributed by atoms with Crippen molar-refractivity contribution in [2.24, 2.45) is 0 Å². The number of hydrogen-bond donors (Lipinski definition) is 0. The molecule has 13 rings (SSSR count). The Morgan fingerprint density at radius 3 is 1.08 bits per heavy atom. The molecule has 0 aliphatic rings. The molecule has 0 aliphatic carbocycles. The Morgan fingerprint density at radius 2 is 0.583 bits per heavy atom. The zero-order valence-corrected chi connectivity index (χ0v) is 34.1. The molecule has 11 aromatic carbocycles. The number of hydrogen-bond acceptors (Lipinski definition) is 2. The SMILES string of the molecule is c1ccc(-c2c3ccccc3c(-c3ccc4sc5cccc(-c6c7ccccc7c(-c7cccc8sc9ccccc9c78)c7ccccc67)c5c4c3)c3ccccc23)cc1. The Kier molecular flexibility index (Phi) is 7.45. The van der Waals surface area contributed by atoms with Gasteiger partial charge in [-0.3, -0.25) is 0 Å². The minimum atomic E-state index is 1.24. The van der Waals surface area contributed by atoms with Crippen LogP contribution in [0.15, 0.2) is 206 Å². The maximum Gasteiger partial charge on any atom is 0.0361 e. The van der Waals surface area contributed by atoms with Crippen LogP contribution >= 0.6 is 22.7 Å². The first-order chi connectivity index (χ1) is 29.8. The molecular weight excluding hydrogens is 761 g/mol. The first-order valence-corrected chi connectivity index (χ1v) is 22.2. The quantitative estimate of drug-likeness (QED) is 0.156. The summed E-state index contributed by atoms with van der Waals surface area (Å²) < 4.78 is 5.26. The third kappa shape index (κ3) is 4.90. The van der Waals surface area contributed by atoms with Crippen LogP contribution in [0.4, 0.5) is 0 Å². The molecule has 0 saturated carbocycles. The topological polar surface area (TPSA) is 0 Å². The molecule has 0 amide bonds. The molecule has 0 nitrogen and oxygen atoms in total. The van der Waals surface area contributed by atoms with Crippen LogP contribution < -0.4 is 0 Å². The van der Waals surface area contributed by atoms with Crippen molar-refractivity contribution < 1.29 is 0 Å². The van der Waals surface area contributed by atoms with Gasteiger partial charge in [0.25, 0.3) is 0 Å². The molecule has 0 atom stereocenters. The van der Waals surface area contributed by atoms with Crippen molar-refractivity contribution in [3.8, 4) is 44.5 Å². The standard InChI is InChI=1S/C58H34S2/c1-2-16-35(17-3-1)53-37-18-4-6-20-39(37)54(40-21-7-5-19-38(40)53)36-32-33-50-48(34-36)58-47(28-15-31-52(58)60-50)56-43-24-10-8-22-41(43)55(42-23-9-11-25-44(42)56)46-27-14-30-51-57(46)45-26-12-13-29-49(45)59-51/h1-34H. The Balaban J connectivity index is 1.11. The smallest absolute Gasteiger partial charge is 0.0361 e. The highest BCUT2D eigenvalue weighted by Gasteiger charge is 2.23. The van der Waals surface area contributed by atoms with Gasteiger partial charge in [0.2, 0.25) is 0 Å². The van der Waals surface area contributed by atoms with Crippen LogP contribution in [0.2, 0.25) is 0 Å². The first-order valence-electron chi connectivity index (χ1n) is 20.6. The van der Waals surface area contributed by atoms with Crippen LogP contribution in [-0.4, -0.2) is 0 Å². The average molecular weight is 795 g/mol. The van der Waals surface area contributed by atoms with Crippen molar-refractivity contribution in [2.75, 3.05) is 0 Å². The van der Waals surface area contributed by atoms with Gasteiger partial charge < -0.3 is 0 Å². The van der Waals surface area contributed by atoms with E-state index >= 15 is 0 Å². The van der Waals surface area contributed by atoms with E-state index in [4.69, 9.17) is 0 Å². The number of thiophene rings is 2. The lowest BCUT2D eigenvalue weighted by molar-refractivity contribution is 1.66. The molecule has 0 bridgehead atoms. The summed E-state index contributed by atoms with van der Waals surface area (Å²) in [7, 11) is 0. The molecule has 0 unspecified atom stereocenters. The molecule has 2 heteroatoms. The predicted octanol–water partition coefficient (Wildman–Crippen LogP) is 17.7. The van der Waals surface area contributed by atoms with E-state index in [0.717, 1.165) is 0 Å². The minimum absolute atomic E-state index is 1.24. The lowest BCUT2D eigenvalue weighted by Crippen LogP contribution is -1.92. The molecule has 0 saturated heterocycles. The monoisotopic (exact) mass is 794 g/mol. The fourth-order valence-electron chi connectivity index (χ4n) is 10.2. The highest BCUT2D eigenvalue weighted by molar-refractivity contribution is 7.26. The lowest BCUT2D eigenvalue weighted by atomic mass is 9.83. The Bertz CT molecular complexity index is 3770. The van der Waals surface area contributed by atoms with Gasteiger partial charge in [0.15, 0.2) is 0 Å². The van der Waals surface area contributed by atoms with Crippen molar-refractivity contribution in [1.29, 1.82) is 0 Å². The minimum Gasteiger partial charge on any atom is -0.135 e. The lowest BCUT2D eigenvalue weighted by Gasteiger charge is -2.19. The van der Waals surface area contributed by atoms with Gasteiger partial charge in [0, 0.05) is 40.3 Å². The molecule has 2 aromatic heterocycles. The van der Waals surface area contributed by atoms with Gasteiger partial charge in [0.1, 0.15) is 0 Å². The van der Waals surface area contributed by atoms with Gasteiger partial charge in [0.05, 0.1) is 0 Å². The molecule has 0 spiro atoms. The fraction of sp³-hybridized carbons (Fsp3) is 0. The van der Waals surface area contributed by atoms with Gasteiger partial charge in [-0.25, -0.2) is 0 Å². The summed E-state index contributed by atoms with van der Waals surface area (Å²) in [6.07, 6.45) is 0. The van der Waals surface area contributed by atoms with E-state index in [9.17, 15) is 0 Å². The normalized spacial score (nSPS) is 12.0. The summed E-state index contributed by atoms with van der Waals surface area (Å²) >= 11 is 3.78. The van der Waals surface area contributed by atoms with Crippen LogP contribution in [0.1, 0.15) is 0 Å². The summed E-state index contributed by atoms with van der Waals surface area (Å²) in [5, 5.41) is 15.5. The molecule has 0 N–H and O–H groups in total. The maximum absolute atomic E-state index is 2.48. The summed E-state index contributed by atoms with van der Waals surface area (Å²) in [6, 6.07) is 76.9. The third-order valence-electron chi connectivity index (χ3n) is 12.7. The van der Waals surface area contributed by atoms with Gasteiger partial charge >= 0.3 is 0 Å². The van der Waals surface area contributed by atoms with Crippen molar-refractivity contribution in [2.45, 2.75) is 0 Å². The molecule has 2 heterocycles. The molecule has 278 valence electrons. The highest BCUT2D eigenvalue weighted by atomic mass is 32.1. The van der Waals surface area contributed by atoms with Crippen LogP contribution in [-0.2, 0) is 0 Å². The van der Waals surface area contributed by atoms with Crippen molar-refractivity contribution in [3.63, 3.8) is 0 Å². The second kappa shape index (κ2) is 13.2. The molecule has 0 aliphatic heterocycles. The summed E-state index contributed by atoms with van der Waals surface area (Å²) in [5.41, 5.74) is 10.2. The average Bonchev–Trinajstić information content (AvgIpc) is 3.89. The first kappa shape index (κ1) is 33.8. The second-order valence-corrected chi connectivity index (χ2v) is 18.0. The van der Waals surface area contributed by atoms with E-state index < -0.39 is 0 Å². The molecule has 0 fully saturated rings. The van der Waals surface area contributed by atoms with Crippen LogP contribution in [0.5, 0.6) is 0 Å². The van der Waals surface area contributed by atoms with Gasteiger partial charge in [-0.15, -0.1) is 22.7 Å². The van der Waals surface area contributed by atoms with Crippen molar-refractivity contribution >= 4 is 106 Å². The maximum atomic E-state index is 2.48. The zero-order valence-electron chi connectivity index (χ0n) is 32.4. The Morgan fingerprint density at radius 1 is 0.217 bits per heavy atom. The van der Waals surface area contributed by atoms with Gasteiger partial charge in [-0.05, 0) is 118 Å². The fourth-order valence-corrected chi connectivity index (χ4v) is 12.5. The van der Waals surface area contributed by atoms with Crippen LogP contribution in [0.25, 0.3) is 128 Å². The zero-order chi connectivity index (χ0) is 39.3. The van der Waals surface area contributed by atoms with E-state index in [1.54, 1.807) is 0 Å². The molecule has 60 heavy (non-hydrogen) atoms. The third-order valence-corrected chi connectivity index (χ3v) is 14.9.